The molecule has 5 nitrogen and oxygen atoms in total. The van der Waals surface area contributed by atoms with Crippen molar-refractivity contribution in [3.8, 4) is 10.8 Å². The highest BCUT2D eigenvalue weighted by Gasteiger charge is 2.12. The summed E-state index contributed by atoms with van der Waals surface area (Å²) >= 11 is 2.95. The van der Waals surface area contributed by atoms with Gasteiger partial charge in [-0.25, -0.2) is 4.79 Å². The molecule has 0 aliphatic rings. The Morgan fingerprint density at radius 3 is 3.00 bits per heavy atom. The molecule has 0 saturated carbocycles. The first-order valence-corrected chi connectivity index (χ1v) is 7.21. The molecule has 0 spiro atoms. The van der Waals surface area contributed by atoms with Crippen LogP contribution >= 0.6 is 22.7 Å². The van der Waals surface area contributed by atoms with Gasteiger partial charge in [0.15, 0.2) is 6.61 Å². The maximum Gasteiger partial charge on any atom is 0.339 e. The molecule has 19 heavy (non-hydrogen) atoms. The second kappa shape index (κ2) is 5.33. The number of aromatic nitrogens is 2. The molecule has 0 radical (unpaired) electrons. The predicted octanol–water partition coefficient (Wildman–Crippen LogP) is 3.22. The number of hydrogen-bond acceptors (Lipinski definition) is 7. The second-order valence-corrected chi connectivity index (χ2v) is 5.29. The Hall–Kier alpha value is -1.99. The molecule has 0 saturated heterocycles. The molecule has 96 valence electrons. The van der Waals surface area contributed by atoms with Crippen molar-refractivity contribution >= 4 is 28.6 Å². The summed E-state index contributed by atoms with van der Waals surface area (Å²) in [5.74, 6) is 0.334. The minimum Gasteiger partial charge on any atom is -0.452 e. The van der Waals surface area contributed by atoms with Gasteiger partial charge in [0.2, 0.25) is 0 Å². The normalized spacial score (nSPS) is 10.5. The van der Waals surface area contributed by atoms with Crippen LogP contribution in [0.2, 0.25) is 0 Å². The number of carbonyl (C=O) groups is 1. The Bertz CT molecular complexity index is 659. The van der Waals surface area contributed by atoms with Crippen molar-refractivity contribution in [1.29, 1.82) is 0 Å². The average molecular weight is 292 g/mol. The Morgan fingerprint density at radius 1 is 1.32 bits per heavy atom. The zero-order valence-corrected chi connectivity index (χ0v) is 11.2. The Labute approximate surface area is 116 Å². The fourth-order valence-corrected chi connectivity index (χ4v) is 2.67. The van der Waals surface area contributed by atoms with Crippen molar-refractivity contribution in [2.75, 3.05) is 0 Å². The summed E-state index contributed by atoms with van der Waals surface area (Å²) in [5, 5.41) is 13.2. The number of hydrogen-bond donors (Lipinski definition) is 0. The van der Waals surface area contributed by atoms with Crippen LogP contribution in [0.25, 0.3) is 10.8 Å². The average Bonchev–Trinajstić information content (AvgIpc) is 3.14. The Balaban J connectivity index is 1.63. The molecule has 3 aromatic heterocycles. The highest BCUT2D eigenvalue weighted by atomic mass is 32.1. The molecule has 0 atom stereocenters. The van der Waals surface area contributed by atoms with E-state index in [0.29, 0.717) is 11.5 Å². The summed E-state index contributed by atoms with van der Waals surface area (Å²) in [4.78, 5) is 12.5. The van der Waals surface area contributed by atoms with Crippen LogP contribution in [0.15, 0.2) is 38.8 Å². The van der Waals surface area contributed by atoms with Crippen LogP contribution in [0.1, 0.15) is 16.2 Å². The van der Waals surface area contributed by atoms with Gasteiger partial charge in [-0.05, 0) is 22.9 Å². The van der Waals surface area contributed by atoms with Crippen LogP contribution in [-0.2, 0) is 11.3 Å². The molecule has 0 unspecified atom stereocenters. The van der Waals surface area contributed by atoms with E-state index in [2.05, 4.69) is 10.2 Å². The van der Waals surface area contributed by atoms with Gasteiger partial charge < -0.3 is 9.15 Å². The van der Waals surface area contributed by atoms with Crippen LogP contribution < -0.4 is 0 Å². The first-order chi connectivity index (χ1) is 9.33. The van der Waals surface area contributed by atoms with E-state index in [4.69, 9.17) is 9.15 Å². The van der Waals surface area contributed by atoms with Crippen molar-refractivity contribution in [3.05, 3.63) is 45.8 Å². The number of thiophene rings is 2. The summed E-state index contributed by atoms with van der Waals surface area (Å²) in [7, 11) is 0. The van der Waals surface area contributed by atoms with E-state index in [0.717, 1.165) is 4.88 Å². The minimum absolute atomic E-state index is 0.0208. The summed E-state index contributed by atoms with van der Waals surface area (Å²) in [6.07, 6.45) is 0. The lowest BCUT2D eigenvalue weighted by Gasteiger charge is -1.98. The lowest BCUT2D eigenvalue weighted by atomic mass is 10.3. The van der Waals surface area contributed by atoms with Gasteiger partial charge in [-0.3, -0.25) is 0 Å². The molecule has 0 bridgehead atoms. The van der Waals surface area contributed by atoms with E-state index in [9.17, 15) is 4.79 Å². The van der Waals surface area contributed by atoms with Crippen molar-refractivity contribution in [1.82, 2.24) is 10.2 Å². The molecule has 0 aliphatic carbocycles. The topological polar surface area (TPSA) is 65.2 Å². The van der Waals surface area contributed by atoms with E-state index < -0.39 is 5.97 Å². The third kappa shape index (κ3) is 2.72. The molecule has 7 heteroatoms. The highest BCUT2D eigenvalue weighted by molar-refractivity contribution is 7.13. The van der Waals surface area contributed by atoms with Gasteiger partial charge in [-0.2, -0.15) is 11.3 Å². The van der Waals surface area contributed by atoms with Crippen molar-refractivity contribution in [2.24, 2.45) is 0 Å². The zero-order valence-electron chi connectivity index (χ0n) is 9.61. The van der Waals surface area contributed by atoms with E-state index in [1.807, 2.05) is 22.9 Å². The van der Waals surface area contributed by atoms with Crippen LogP contribution in [0.5, 0.6) is 0 Å². The van der Waals surface area contributed by atoms with Crippen LogP contribution in [-0.4, -0.2) is 16.2 Å². The SMILES string of the molecule is O=C(OCc1nnc(-c2cccs2)o1)c1ccsc1. The first-order valence-electron chi connectivity index (χ1n) is 5.38. The minimum atomic E-state index is -0.392. The number of nitrogens with zero attached hydrogens (tertiary/aromatic N) is 2. The third-order valence-corrected chi connectivity index (χ3v) is 3.82. The van der Waals surface area contributed by atoms with Crippen molar-refractivity contribution in [2.45, 2.75) is 6.61 Å². The fourth-order valence-electron chi connectivity index (χ4n) is 1.40. The van der Waals surface area contributed by atoms with Gasteiger partial charge in [-0.15, -0.1) is 21.5 Å². The monoisotopic (exact) mass is 292 g/mol. The van der Waals surface area contributed by atoms with Gasteiger partial charge in [-0.1, -0.05) is 6.07 Å². The smallest absolute Gasteiger partial charge is 0.339 e. The largest absolute Gasteiger partial charge is 0.452 e. The number of ether oxygens (including phenoxy) is 1. The number of esters is 1. The predicted molar refractivity (Wildman–Crippen MR) is 71.0 cm³/mol. The number of carbonyl (C=O) groups excluding carboxylic acids is 1. The van der Waals surface area contributed by atoms with E-state index in [-0.39, 0.29) is 12.5 Å². The second-order valence-electron chi connectivity index (χ2n) is 3.57. The molecular weight excluding hydrogens is 284 g/mol. The molecule has 3 rings (SSSR count). The molecule has 3 aromatic rings. The molecule has 3 heterocycles. The molecule has 0 aliphatic heterocycles. The maximum atomic E-state index is 11.6. The zero-order chi connectivity index (χ0) is 13.1. The van der Waals surface area contributed by atoms with E-state index in [1.165, 1.54) is 22.7 Å². The summed E-state index contributed by atoms with van der Waals surface area (Å²) in [5.41, 5.74) is 0.531. The summed E-state index contributed by atoms with van der Waals surface area (Å²) < 4.78 is 10.5. The maximum absolute atomic E-state index is 11.6. The van der Waals surface area contributed by atoms with Gasteiger partial charge in [0.05, 0.1) is 10.4 Å². The molecule has 0 fully saturated rings. The van der Waals surface area contributed by atoms with Gasteiger partial charge in [0, 0.05) is 5.38 Å². The van der Waals surface area contributed by atoms with Gasteiger partial charge in [0.25, 0.3) is 11.8 Å². The molecule has 0 aromatic carbocycles. The van der Waals surface area contributed by atoms with Crippen LogP contribution in [0.3, 0.4) is 0 Å². The Morgan fingerprint density at radius 2 is 2.26 bits per heavy atom. The number of rotatable bonds is 4. The summed E-state index contributed by atoms with van der Waals surface area (Å²) in [6, 6.07) is 5.50. The quantitative estimate of drug-likeness (QED) is 0.691. The van der Waals surface area contributed by atoms with Gasteiger partial charge in [0.1, 0.15) is 0 Å². The van der Waals surface area contributed by atoms with Crippen molar-refractivity contribution in [3.63, 3.8) is 0 Å². The molecule has 0 amide bonds. The standard InChI is InChI=1S/C12H8N2O3S2/c15-12(8-3-5-18-7-8)16-6-10-13-14-11(17-10)9-2-1-4-19-9/h1-5,7H,6H2. The Kier molecular flexibility index (Phi) is 3.39. The first kappa shape index (κ1) is 12.1. The van der Waals surface area contributed by atoms with Crippen LogP contribution in [0.4, 0.5) is 0 Å². The molecule has 0 N–H and O–H groups in total. The highest BCUT2D eigenvalue weighted by Crippen LogP contribution is 2.23. The van der Waals surface area contributed by atoms with E-state index >= 15 is 0 Å². The lowest BCUT2D eigenvalue weighted by Crippen LogP contribution is -2.03. The fraction of sp³-hybridized carbons (Fsp3) is 0.0833. The van der Waals surface area contributed by atoms with Gasteiger partial charge >= 0.3 is 5.97 Å². The summed E-state index contributed by atoms with van der Waals surface area (Å²) in [6.45, 7) is -0.0208. The van der Waals surface area contributed by atoms with Crippen molar-refractivity contribution < 1.29 is 13.9 Å². The lowest BCUT2D eigenvalue weighted by molar-refractivity contribution is 0.0439. The van der Waals surface area contributed by atoms with Crippen LogP contribution in [0, 0.1) is 0 Å². The van der Waals surface area contributed by atoms with E-state index in [1.54, 1.807) is 11.4 Å². The molecular formula is C12H8N2O3S2. The third-order valence-electron chi connectivity index (χ3n) is 2.28.